The molecule has 4 heteroatoms. The van der Waals surface area contributed by atoms with Gasteiger partial charge in [-0.2, -0.15) is 0 Å². The lowest BCUT2D eigenvalue weighted by molar-refractivity contribution is 0.962. The van der Waals surface area contributed by atoms with Gasteiger partial charge in [0.1, 0.15) is 5.82 Å². The van der Waals surface area contributed by atoms with Crippen molar-refractivity contribution in [1.29, 1.82) is 0 Å². The highest BCUT2D eigenvalue weighted by Crippen LogP contribution is 2.40. The zero-order valence-electron chi connectivity index (χ0n) is 17.0. The molecule has 1 aliphatic rings. The van der Waals surface area contributed by atoms with Crippen LogP contribution >= 0.6 is 0 Å². The van der Waals surface area contributed by atoms with E-state index in [1.165, 1.54) is 22.3 Å². The van der Waals surface area contributed by atoms with Crippen LogP contribution in [0.15, 0.2) is 79.1 Å². The Labute approximate surface area is 178 Å². The molecule has 3 aromatic carbocycles. The molecular weight excluding hydrogens is 380 g/mol. The molecule has 0 spiro atoms. The van der Waals surface area contributed by atoms with Crippen LogP contribution in [-0.4, -0.2) is 19.5 Å². The monoisotopic (exact) mass is 398 g/mol. The minimum absolute atomic E-state index is 0.902. The second-order valence-corrected chi connectivity index (χ2v) is 8.20. The van der Waals surface area contributed by atoms with E-state index >= 15 is 0 Å². The van der Waals surface area contributed by atoms with E-state index in [0.717, 1.165) is 50.6 Å². The van der Waals surface area contributed by atoms with Gasteiger partial charge in [-0.3, -0.25) is 9.97 Å². The number of hydrogen-bond donors (Lipinski definition) is 0. The predicted octanol–water partition coefficient (Wildman–Crippen LogP) is 5.91. The first-order chi connectivity index (χ1) is 15.3. The van der Waals surface area contributed by atoms with E-state index < -0.39 is 0 Å². The number of fused-ring (bicyclic) bond motifs is 9. The number of hydrogen-bond acceptors (Lipinski definition) is 3. The molecule has 0 aliphatic heterocycles. The maximum atomic E-state index is 5.13. The average molecular weight is 398 g/mol. The van der Waals surface area contributed by atoms with Crippen molar-refractivity contribution in [2.75, 3.05) is 0 Å². The molecule has 1 aliphatic carbocycles. The van der Waals surface area contributed by atoms with Crippen molar-refractivity contribution < 1.29 is 0 Å². The molecule has 7 rings (SSSR count). The Hall–Kier alpha value is -4.05. The lowest BCUT2D eigenvalue weighted by Gasteiger charge is -2.08. The van der Waals surface area contributed by atoms with E-state index in [-0.39, 0.29) is 0 Å². The Kier molecular flexibility index (Phi) is 3.23. The Balaban J connectivity index is 1.52. The Morgan fingerprint density at radius 3 is 2.32 bits per heavy atom. The summed E-state index contributed by atoms with van der Waals surface area (Å²) in [5.41, 5.74) is 10.5. The molecule has 0 bridgehead atoms. The number of rotatable bonds is 1. The maximum absolute atomic E-state index is 5.13. The van der Waals surface area contributed by atoms with Crippen LogP contribution in [0.2, 0.25) is 0 Å². The van der Waals surface area contributed by atoms with Crippen molar-refractivity contribution >= 4 is 32.8 Å². The highest BCUT2D eigenvalue weighted by Gasteiger charge is 2.21. The van der Waals surface area contributed by atoms with Crippen LogP contribution in [0.1, 0.15) is 11.1 Å². The molecule has 0 N–H and O–H groups in total. The average Bonchev–Trinajstić information content (AvgIpc) is 3.37. The predicted molar refractivity (Wildman–Crippen MR) is 125 cm³/mol. The fourth-order valence-electron chi connectivity index (χ4n) is 5.11. The molecule has 0 radical (unpaired) electrons. The molecule has 0 amide bonds. The summed E-state index contributed by atoms with van der Waals surface area (Å²) in [7, 11) is 2.10. The van der Waals surface area contributed by atoms with Crippen molar-refractivity contribution in [2.24, 2.45) is 7.05 Å². The fourth-order valence-corrected chi connectivity index (χ4v) is 5.11. The SMILES string of the molecule is Cn1c(-c2ccc3c(c2)Cc2ccccc2-3)nc2c3cccnc3c3ncccc3c21. The maximum Gasteiger partial charge on any atom is 0.140 e. The second kappa shape index (κ2) is 5.99. The van der Waals surface area contributed by atoms with Gasteiger partial charge in [-0.1, -0.05) is 36.4 Å². The topological polar surface area (TPSA) is 43.6 Å². The summed E-state index contributed by atoms with van der Waals surface area (Å²) in [6.45, 7) is 0. The van der Waals surface area contributed by atoms with Gasteiger partial charge in [0.15, 0.2) is 0 Å². The van der Waals surface area contributed by atoms with Crippen LogP contribution < -0.4 is 0 Å². The molecule has 3 aromatic heterocycles. The van der Waals surface area contributed by atoms with Gasteiger partial charge >= 0.3 is 0 Å². The zero-order chi connectivity index (χ0) is 20.5. The summed E-state index contributed by atoms with van der Waals surface area (Å²) in [5, 5.41) is 2.12. The normalized spacial score (nSPS) is 12.5. The van der Waals surface area contributed by atoms with Crippen LogP contribution in [0.4, 0.5) is 0 Å². The largest absolute Gasteiger partial charge is 0.327 e. The van der Waals surface area contributed by atoms with Gasteiger partial charge in [0.05, 0.1) is 22.1 Å². The third kappa shape index (κ3) is 2.22. The molecule has 0 saturated heterocycles. The number of nitrogens with zero attached hydrogens (tertiary/aromatic N) is 4. The number of aryl methyl sites for hydroxylation is 1. The van der Waals surface area contributed by atoms with Gasteiger partial charge in [0, 0.05) is 35.8 Å². The van der Waals surface area contributed by atoms with Gasteiger partial charge in [-0.05, 0) is 59.0 Å². The molecule has 4 nitrogen and oxygen atoms in total. The minimum Gasteiger partial charge on any atom is -0.327 e. The molecule has 31 heavy (non-hydrogen) atoms. The minimum atomic E-state index is 0.902. The molecule has 6 aromatic rings. The van der Waals surface area contributed by atoms with Crippen LogP contribution in [-0.2, 0) is 13.5 Å². The molecule has 0 unspecified atom stereocenters. The fraction of sp³-hybridized carbons (Fsp3) is 0.0741. The highest BCUT2D eigenvalue weighted by molar-refractivity contribution is 6.21. The van der Waals surface area contributed by atoms with Gasteiger partial charge < -0.3 is 4.57 Å². The molecule has 146 valence electrons. The quantitative estimate of drug-likeness (QED) is 0.323. The van der Waals surface area contributed by atoms with E-state index in [9.17, 15) is 0 Å². The van der Waals surface area contributed by atoms with E-state index in [1.807, 2.05) is 24.5 Å². The summed E-state index contributed by atoms with van der Waals surface area (Å²) < 4.78 is 2.20. The van der Waals surface area contributed by atoms with Crippen LogP contribution in [0.25, 0.3) is 55.4 Å². The lowest BCUT2D eigenvalue weighted by Crippen LogP contribution is -1.95. The summed E-state index contributed by atoms with van der Waals surface area (Å²) in [5.74, 6) is 0.968. The van der Waals surface area contributed by atoms with E-state index in [0.29, 0.717) is 0 Å². The zero-order valence-corrected chi connectivity index (χ0v) is 17.0. The van der Waals surface area contributed by atoms with Crippen LogP contribution in [0, 0.1) is 0 Å². The van der Waals surface area contributed by atoms with Crippen LogP contribution in [0.5, 0.6) is 0 Å². The van der Waals surface area contributed by atoms with Gasteiger partial charge in [0.25, 0.3) is 0 Å². The van der Waals surface area contributed by atoms with Crippen molar-refractivity contribution in [3.05, 3.63) is 90.3 Å². The standard InChI is InChI=1S/C27H18N4/c1-31-26-22-9-5-13-29-24(22)23-21(8-4-12-28-23)25(26)30-27(31)17-10-11-20-18(15-17)14-16-6-2-3-7-19(16)20/h2-13,15H,14H2,1H3. The van der Waals surface area contributed by atoms with E-state index in [2.05, 4.69) is 76.2 Å². The second-order valence-electron chi connectivity index (χ2n) is 8.20. The Morgan fingerprint density at radius 2 is 1.45 bits per heavy atom. The molecule has 0 saturated carbocycles. The van der Waals surface area contributed by atoms with Crippen molar-refractivity contribution in [3.8, 4) is 22.5 Å². The number of pyridine rings is 2. The van der Waals surface area contributed by atoms with E-state index in [1.54, 1.807) is 0 Å². The van der Waals surface area contributed by atoms with Crippen molar-refractivity contribution in [3.63, 3.8) is 0 Å². The van der Waals surface area contributed by atoms with E-state index in [4.69, 9.17) is 4.98 Å². The third-order valence-electron chi connectivity index (χ3n) is 6.50. The molecular formula is C27H18N4. The first-order valence-corrected chi connectivity index (χ1v) is 10.5. The molecule has 0 fully saturated rings. The molecule has 0 atom stereocenters. The van der Waals surface area contributed by atoms with Gasteiger partial charge in [0.2, 0.25) is 0 Å². The van der Waals surface area contributed by atoms with Crippen LogP contribution in [0.3, 0.4) is 0 Å². The van der Waals surface area contributed by atoms with Crippen molar-refractivity contribution in [2.45, 2.75) is 6.42 Å². The summed E-state index contributed by atoms with van der Waals surface area (Å²) in [6.07, 6.45) is 4.63. The number of imidazole rings is 1. The molecule has 3 heterocycles. The summed E-state index contributed by atoms with van der Waals surface area (Å²) in [6, 6.07) is 23.6. The highest BCUT2D eigenvalue weighted by atomic mass is 15.1. The smallest absolute Gasteiger partial charge is 0.140 e. The third-order valence-corrected chi connectivity index (χ3v) is 6.50. The number of benzene rings is 3. The first-order valence-electron chi connectivity index (χ1n) is 10.5. The summed E-state index contributed by atoms with van der Waals surface area (Å²) in [4.78, 5) is 14.4. The lowest BCUT2D eigenvalue weighted by atomic mass is 10.0. The number of aromatic nitrogens is 4. The summed E-state index contributed by atoms with van der Waals surface area (Å²) >= 11 is 0. The Bertz CT molecular complexity index is 1680. The van der Waals surface area contributed by atoms with Crippen molar-refractivity contribution in [1.82, 2.24) is 19.5 Å². The first kappa shape index (κ1) is 16.7. The van der Waals surface area contributed by atoms with Gasteiger partial charge in [-0.15, -0.1) is 0 Å². The Morgan fingerprint density at radius 1 is 0.710 bits per heavy atom. The van der Waals surface area contributed by atoms with Gasteiger partial charge in [-0.25, -0.2) is 4.98 Å².